The molecule has 6 heteroatoms. The van der Waals surface area contributed by atoms with Gasteiger partial charge in [-0.25, -0.2) is 4.99 Å². The molecule has 0 amide bonds. The summed E-state index contributed by atoms with van der Waals surface area (Å²) in [6.45, 7) is 12.2. The highest BCUT2D eigenvalue weighted by atomic mass is 16.5. The first-order chi connectivity index (χ1) is 14.1. The maximum Gasteiger partial charge on any atom is 0.191 e. The van der Waals surface area contributed by atoms with Gasteiger partial charge in [0.15, 0.2) is 5.96 Å². The van der Waals surface area contributed by atoms with E-state index in [0.29, 0.717) is 13.2 Å². The Balaban J connectivity index is 1.74. The molecule has 1 aromatic rings. The van der Waals surface area contributed by atoms with Crippen LogP contribution in [0.3, 0.4) is 0 Å². The van der Waals surface area contributed by atoms with Crippen molar-refractivity contribution in [2.24, 2.45) is 10.9 Å². The van der Waals surface area contributed by atoms with Gasteiger partial charge in [-0.1, -0.05) is 19.1 Å². The third-order valence-electron chi connectivity index (χ3n) is 5.29. The van der Waals surface area contributed by atoms with Crippen LogP contribution in [0.15, 0.2) is 29.3 Å². The molecule has 2 rings (SSSR count). The molecule has 1 fully saturated rings. The largest absolute Gasteiger partial charge is 0.492 e. The van der Waals surface area contributed by atoms with Crippen LogP contribution in [0, 0.1) is 5.92 Å². The van der Waals surface area contributed by atoms with Crippen LogP contribution in [0.25, 0.3) is 0 Å². The quantitative estimate of drug-likeness (QED) is 0.338. The lowest BCUT2D eigenvalue weighted by Gasteiger charge is -2.30. The van der Waals surface area contributed by atoms with E-state index >= 15 is 0 Å². The molecular formula is C23H41N5O. The highest BCUT2D eigenvalue weighted by molar-refractivity contribution is 5.79. The van der Waals surface area contributed by atoms with Crippen LogP contribution in [0.2, 0.25) is 0 Å². The molecule has 0 aliphatic carbocycles. The molecule has 0 spiro atoms. The predicted octanol–water partition coefficient (Wildman–Crippen LogP) is 2.80. The second-order valence-electron chi connectivity index (χ2n) is 8.30. The number of benzene rings is 1. The summed E-state index contributed by atoms with van der Waals surface area (Å²) >= 11 is 0. The number of nitrogens with one attached hydrogen (secondary N) is 2. The Bertz CT molecular complexity index is 597. The number of nitrogens with zero attached hydrogens (tertiary/aromatic N) is 3. The molecule has 1 heterocycles. The fraction of sp³-hybridized carbons (Fsp3) is 0.696. The first-order valence-corrected chi connectivity index (χ1v) is 11.2. The summed E-state index contributed by atoms with van der Waals surface area (Å²) in [5.41, 5.74) is 1.16. The number of hydrogen-bond acceptors (Lipinski definition) is 4. The van der Waals surface area contributed by atoms with E-state index in [0.717, 1.165) is 49.2 Å². The molecule has 0 saturated carbocycles. The molecule has 0 atom stereocenters. The monoisotopic (exact) mass is 403 g/mol. The Hall–Kier alpha value is -1.79. The first kappa shape index (κ1) is 23.5. The Kier molecular flexibility index (Phi) is 10.9. The lowest BCUT2D eigenvalue weighted by molar-refractivity contribution is 0.191. The van der Waals surface area contributed by atoms with Gasteiger partial charge in [-0.05, 0) is 83.5 Å². The summed E-state index contributed by atoms with van der Waals surface area (Å²) in [4.78, 5) is 9.45. The number of ether oxygens (including phenoxy) is 1. The lowest BCUT2D eigenvalue weighted by atomic mass is 9.99. The standard InChI is InChI=1S/C23H41N5O/c1-5-24-23(25-12-7-13-28-14-10-20(2)11-15-28)26-19-21-8-6-9-22(18-21)29-17-16-27(3)4/h6,8-9,18,20H,5,7,10-17,19H2,1-4H3,(H2,24,25,26). The van der Waals surface area contributed by atoms with Crippen LogP contribution in [-0.4, -0.2) is 75.7 Å². The van der Waals surface area contributed by atoms with Crippen molar-refractivity contribution >= 4 is 5.96 Å². The van der Waals surface area contributed by atoms with Gasteiger partial charge in [0.1, 0.15) is 12.4 Å². The molecule has 1 aliphatic rings. The second kappa shape index (κ2) is 13.4. The molecule has 1 saturated heterocycles. The summed E-state index contributed by atoms with van der Waals surface area (Å²) in [6, 6.07) is 8.23. The van der Waals surface area contributed by atoms with Crippen LogP contribution >= 0.6 is 0 Å². The molecule has 164 valence electrons. The average molecular weight is 404 g/mol. The van der Waals surface area contributed by atoms with Crippen molar-refractivity contribution in [1.29, 1.82) is 0 Å². The molecule has 29 heavy (non-hydrogen) atoms. The van der Waals surface area contributed by atoms with Crippen molar-refractivity contribution in [3.8, 4) is 5.75 Å². The van der Waals surface area contributed by atoms with Crippen LogP contribution < -0.4 is 15.4 Å². The third-order valence-corrected chi connectivity index (χ3v) is 5.29. The molecule has 0 unspecified atom stereocenters. The Morgan fingerprint density at radius 2 is 2.03 bits per heavy atom. The fourth-order valence-electron chi connectivity index (χ4n) is 3.39. The SMILES string of the molecule is CCNC(=NCc1cccc(OCCN(C)C)c1)NCCCN1CCC(C)CC1. The maximum atomic E-state index is 5.83. The van der Waals surface area contributed by atoms with Crippen molar-refractivity contribution in [1.82, 2.24) is 20.4 Å². The zero-order valence-electron chi connectivity index (χ0n) is 18.9. The van der Waals surface area contributed by atoms with Crippen molar-refractivity contribution in [2.75, 3.05) is 60.0 Å². The van der Waals surface area contributed by atoms with Crippen molar-refractivity contribution in [3.63, 3.8) is 0 Å². The Morgan fingerprint density at radius 1 is 1.24 bits per heavy atom. The predicted molar refractivity (Wildman–Crippen MR) is 123 cm³/mol. The van der Waals surface area contributed by atoms with Gasteiger partial charge < -0.3 is 25.2 Å². The van der Waals surface area contributed by atoms with Crippen molar-refractivity contribution < 1.29 is 4.74 Å². The van der Waals surface area contributed by atoms with E-state index in [1.807, 2.05) is 12.1 Å². The van der Waals surface area contributed by atoms with Crippen molar-refractivity contribution in [2.45, 2.75) is 39.7 Å². The van der Waals surface area contributed by atoms with Crippen LogP contribution in [0.5, 0.6) is 5.75 Å². The van der Waals surface area contributed by atoms with E-state index in [9.17, 15) is 0 Å². The van der Waals surface area contributed by atoms with E-state index in [-0.39, 0.29) is 0 Å². The summed E-state index contributed by atoms with van der Waals surface area (Å²) in [6.07, 6.45) is 3.83. The van der Waals surface area contributed by atoms with Gasteiger partial charge in [-0.15, -0.1) is 0 Å². The molecular weight excluding hydrogens is 362 g/mol. The highest BCUT2D eigenvalue weighted by Gasteiger charge is 2.14. The third kappa shape index (κ3) is 9.99. The molecule has 0 bridgehead atoms. The zero-order valence-corrected chi connectivity index (χ0v) is 18.9. The molecule has 0 aromatic heterocycles. The van der Waals surface area contributed by atoms with Gasteiger partial charge in [0.2, 0.25) is 0 Å². The lowest BCUT2D eigenvalue weighted by Crippen LogP contribution is -2.39. The Labute approximate surface area is 177 Å². The minimum Gasteiger partial charge on any atom is -0.492 e. The minimum absolute atomic E-state index is 0.643. The highest BCUT2D eigenvalue weighted by Crippen LogP contribution is 2.16. The van der Waals surface area contributed by atoms with Gasteiger partial charge >= 0.3 is 0 Å². The number of likely N-dealkylation sites (tertiary alicyclic amines) is 1. The second-order valence-corrected chi connectivity index (χ2v) is 8.30. The summed E-state index contributed by atoms with van der Waals surface area (Å²) in [7, 11) is 4.10. The summed E-state index contributed by atoms with van der Waals surface area (Å²) < 4.78 is 5.83. The smallest absolute Gasteiger partial charge is 0.191 e. The van der Waals surface area contributed by atoms with E-state index in [2.05, 4.69) is 60.5 Å². The topological polar surface area (TPSA) is 52.1 Å². The van der Waals surface area contributed by atoms with Gasteiger partial charge in [-0.2, -0.15) is 0 Å². The molecule has 0 radical (unpaired) electrons. The maximum absolute atomic E-state index is 5.83. The van der Waals surface area contributed by atoms with E-state index < -0.39 is 0 Å². The van der Waals surface area contributed by atoms with Crippen LogP contribution in [0.1, 0.15) is 38.7 Å². The number of likely N-dealkylation sites (N-methyl/N-ethyl adjacent to an activating group) is 1. The first-order valence-electron chi connectivity index (χ1n) is 11.2. The van der Waals surface area contributed by atoms with Crippen LogP contribution in [-0.2, 0) is 6.54 Å². The number of hydrogen-bond donors (Lipinski definition) is 2. The van der Waals surface area contributed by atoms with Crippen molar-refractivity contribution in [3.05, 3.63) is 29.8 Å². The summed E-state index contributed by atoms with van der Waals surface area (Å²) in [5.74, 6) is 2.70. The number of rotatable bonds is 11. The van der Waals surface area contributed by atoms with E-state index in [4.69, 9.17) is 9.73 Å². The molecule has 1 aliphatic heterocycles. The summed E-state index contributed by atoms with van der Waals surface area (Å²) in [5, 5.41) is 6.82. The van der Waals surface area contributed by atoms with Gasteiger partial charge in [-0.3, -0.25) is 0 Å². The molecule has 2 N–H and O–H groups in total. The average Bonchev–Trinajstić information content (AvgIpc) is 2.70. The fourth-order valence-corrected chi connectivity index (χ4v) is 3.39. The Morgan fingerprint density at radius 3 is 2.76 bits per heavy atom. The van der Waals surface area contributed by atoms with Gasteiger partial charge in [0, 0.05) is 19.6 Å². The number of aliphatic imine (C=N–C) groups is 1. The molecule has 6 nitrogen and oxygen atoms in total. The zero-order chi connectivity index (χ0) is 20.9. The van der Waals surface area contributed by atoms with Crippen LogP contribution in [0.4, 0.5) is 0 Å². The number of piperidine rings is 1. The van der Waals surface area contributed by atoms with E-state index in [1.54, 1.807) is 0 Å². The van der Waals surface area contributed by atoms with Gasteiger partial charge in [0.05, 0.1) is 6.54 Å². The normalized spacial score (nSPS) is 16.2. The van der Waals surface area contributed by atoms with Gasteiger partial charge in [0.25, 0.3) is 0 Å². The molecule has 1 aromatic carbocycles. The minimum atomic E-state index is 0.643. The number of guanidine groups is 1. The van der Waals surface area contributed by atoms with E-state index in [1.165, 1.54) is 32.5 Å².